The van der Waals surface area contributed by atoms with E-state index in [0.29, 0.717) is 52.7 Å². The molecule has 202 valence electrons. The molecule has 8 rings (SSSR count). The number of hydrogen-bond donors (Lipinski definition) is 4. The van der Waals surface area contributed by atoms with Crippen molar-refractivity contribution in [1.82, 2.24) is 25.2 Å². The van der Waals surface area contributed by atoms with Crippen LogP contribution >= 0.6 is 0 Å². The summed E-state index contributed by atoms with van der Waals surface area (Å²) in [6.45, 7) is 5.74. The number of hydrogen-bond acceptors (Lipinski definition) is 6. The van der Waals surface area contributed by atoms with Gasteiger partial charge in [0.25, 0.3) is 5.56 Å². The van der Waals surface area contributed by atoms with Crippen LogP contribution in [0.5, 0.6) is 0 Å². The van der Waals surface area contributed by atoms with E-state index < -0.39 is 0 Å². The number of aromatic nitrogens is 3. The molecule has 10 heteroatoms. The van der Waals surface area contributed by atoms with Crippen molar-refractivity contribution in [3.63, 3.8) is 0 Å². The molecule has 4 aliphatic rings. The Kier molecular flexibility index (Phi) is 5.80. The van der Waals surface area contributed by atoms with Gasteiger partial charge in [-0.05, 0) is 62.5 Å². The number of nitrogens with zero attached hydrogens (tertiary/aromatic N) is 3. The van der Waals surface area contributed by atoms with Crippen molar-refractivity contribution in [3.8, 4) is 11.4 Å². The number of carbonyl (C=O) groups excluding carboxylic acids is 1. The van der Waals surface area contributed by atoms with Gasteiger partial charge in [0.2, 0.25) is 5.91 Å². The number of benzene rings is 2. The molecule has 0 radical (unpaired) electrons. The SMILES string of the molecule is CC(=O)N[C@@H]1CCN(c2cc3[nH]c(=O)c(-c4nc5ccccc5[nH]4)c(N[C@H]4CN5CCC4CC5)c3cc2F)C1. The number of piperidine rings is 3. The molecule has 0 unspecified atom stereocenters. The van der Waals surface area contributed by atoms with Gasteiger partial charge in [-0.3, -0.25) is 9.59 Å². The second-order valence-electron chi connectivity index (χ2n) is 11.2. The number of aromatic amines is 2. The minimum Gasteiger partial charge on any atom is -0.379 e. The van der Waals surface area contributed by atoms with Gasteiger partial charge in [0.1, 0.15) is 17.2 Å². The second kappa shape index (κ2) is 9.37. The molecule has 0 spiro atoms. The van der Waals surface area contributed by atoms with Crippen LogP contribution in [0.4, 0.5) is 15.8 Å². The molecule has 2 aromatic heterocycles. The lowest BCUT2D eigenvalue weighted by molar-refractivity contribution is -0.119. The molecule has 6 heterocycles. The van der Waals surface area contributed by atoms with E-state index in [1.807, 2.05) is 29.2 Å². The summed E-state index contributed by atoms with van der Waals surface area (Å²) < 4.78 is 15.8. The minimum absolute atomic E-state index is 0.0268. The van der Waals surface area contributed by atoms with Crippen molar-refractivity contribution in [1.29, 1.82) is 0 Å². The van der Waals surface area contributed by atoms with Crippen LogP contribution in [0.3, 0.4) is 0 Å². The van der Waals surface area contributed by atoms with Gasteiger partial charge in [-0.1, -0.05) is 12.1 Å². The van der Waals surface area contributed by atoms with Crippen molar-refractivity contribution < 1.29 is 9.18 Å². The third kappa shape index (κ3) is 4.32. The molecule has 4 fully saturated rings. The number of carbonyl (C=O) groups is 1. The fraction of sp³-hybridized carbons (Fsp3) is 0.414. The Morgan fingerprint density at radius 3 is 2.62 bits per heavy atom. The van der Waals surface area contributed by atoms with Crippen LogP contribution in [-0.2, 0) is 4.79 Å². The molecule has 4 saturated heterocycles. The number of H-pyrrole nitrogens is 2. The number of anilines is 2. The summed E-state index contributed by atoms with van der Waals surface area (Å²) in [6, 6.07) is 11.1. The molecular weight excluding hydrogens is 497 g/mol. The molecule has 39 heavy (non-hydrogen) atoms. The highest BCUT2D eigenvalue weighted by atomic mass is 19.1. The Morgan fingerprint density at radius 2 is 1.87 bits per heavy atom. The number of imidazole rings is 1. The van der Waals surface area contributed by atoms with Crippen LogP contribution in [0.15, 0.2) is 41.2 Å². The van der Waals surface area contributed by atoms with Crippen LogP contribution < -0.4 is 21.1 Å². The maximum absolute atomic E-state index is 15.8. The predicted molar refractivity (Wildman–Crippen MR) is 151 cm³/mol. The van der Waals surface area contributed by atoms with Crippen LogP contribution in [0.1, 0.15) is 26.2 Å². The number of pyridine rings is 1. The topological polar surface area (TPSA) is 109 Å². The van der Waals surface area contributed by atoms with E-state index >= 15 is 4.39 Å². The fourth-order valence-electron chi connectivity index (χ4n) is 6.69. The molecule has 2 atom stereocenters. The Hall–Kier alpha value is -3.92. The number of para-hydroxylation sites is 2. The first-order valence-corrected chi connectivity index (χ1v) is 13.8. The van der Waals surface area contributed by atoms with E-state index in [4.69, 9.17) is 4.98 Å². The van der Waals surface area contributed by atoms with E-state index in [2.05, 4.69) is 25.5 Å². The average Bonchev–Trinajstić information content (AvgIpc) is 3.56. The smallest absolute Gasteiger partial charge is 0.261 e. The molecular formula is C29H32FN7O2. The first-order valence-electron chi connectivity index (χ1n) is 13.8. The van der Waals surface area contributed by atoms with E-state index in [-0.39, 0.29) is 29.4 Å². The van der Waals surface area contributed by atoms with Gasteiger partial charge < -0.3 is 30.4 Å². The van der Waals surface area contributed by atoms with Crippen LogP contribution in [-0.4, -0.2) is 70.6 Å². The predicted octanol–water partition coefficient (Wildman–Crippen LogP) is 3.43. The second-order valence-corrected chi connectivity index (χ2v) is 11.2. The minimum atomic E-state index is -0.356. The summed E-state index contributed by atoms with van der Waals surface area (Å²) in [7, 11) is 0. The van der Waals surface area contributed by atoms with Gasteiger partial charge >= 0.3 is 0 Å². The zero-order valence-electron chi connectivity index (χ0n) is 21.9. The number of halogens is 1. The zero-order chi connectivity index (χ0) is 26.7. The number of fused-ring (bicyclic) bond motifs is 5. The number of rotatable bonds is 5. The summed E-state index contributed by atoms with van der Waals surface area (Å²) in [5.74, 6) is 0.523. The molecule has 1 amide bonds. The van der Waals surface area contributed by atoms with E-state index in [1.54, 1.807) is 6.07 Å². The lowest BCUT2D eigenvalue weighted by Crippen LogP contribution is -2.53. The summed E-state index contributed by atoms with van der Waals surface area (Å²) in [5.41, 5.74) is 3.35. The first kappa shape index (κ1) is 24.1. The maximum Gasteiger partial charge on any atom is 0.261 e. The van der Waals surface area contributed by atoms with Gasteiger partial charge in [0.05, 0.1) is 27.9 Å². The third-order valence-corrected chi connectivity index (χ3v) is 8.63. The van der Waals surface area contributed by atoms with Gasteiger partial charge in [-0.15, -0.1) is 0 Å². The van der Waals surface area contributed by atoms with E-state index in [9.17, 15) is 9.59 Å². The lowest BCUT2D eigenvalue weighted by Gasteiger charge is -2.45. The van der Waals surface area contributed by atoms with Crippen molar-refractivity contribution >= 4 is 39.2 Å². The van der Waals surface area contributed by atoms with Crippen LogP contribution in [0, 0.1) is 11.7 Å². The molecule has 0 saturated carbocycles. The number of amides is 1. The zero-order valence-corrected chi connectivity index (χ0v) is 21.9. The van der Waals surface area contributed by atoms with Crippen LogP contribution in [0.2, 0.25) is 0 Å². The van der Waals surface area contributed by atoms with Gasteiger partial charge in [0, 0.05) is 44.0 Å². The molecule has 0 aliphatic carbocycles. The summed E-state index contributed by atoms with van der Waals surface area (Å²) >= 11 is 0. The monoisotopic (exact) mass is 529 g/mol. The standard InChI is InChI=1S/C29H32FN7O2/c1-16(38)31-18-8-11-37(14-18)25-13-23-19(12-20(25)30)27(32-24-15-36-9-6-17(24)7-10-36)26(29(39)35-23)28-33-21-4-2-3-5-22(21)34-28/h2-5,12-13,17-18,24H,6-11,14-15H2,1H3,(H,31,38)(H,33,34)(H2,32,35,39)/t18-,24+/m1/s1. The maximum atomic E-state index is 15.8. The van der Waals surface area contributed by atoms with Gasteiger partial charge in [-0.25, -0.2) is 9.37 Å². The highest BCUT2D eigenvalue weighted by Crippen LogP contribution is 2.38. The largest absolute Gasteiger partial charge is 0.379 e. The Balaban J connectivity index is 1.35. The quantitative estimate of drug-likeness (QED) is 0.316. The van der Waals surface area contributed by atoms with Gasteiger partial charge in [-0.2, -0.15) is 0 Å². The van der Waals surface area contributed by atoms with Crippen molar-refractivity contribution in [2.75, 3.05) is 42.9 Å². The molecule has 2 bridgehead atoms. The lowest BCUT2D eigenvalue weighted by atomic mass is 9.83. The Bertz CT molecular complexity index is 1610. The normalized spacial score (nSPS) is 24.5. The van der Waals surface area contributed by atoms with E-state index in [1.165, 1.54) is 13.0 Å². The van der Waals surface area contributed by atoms with Crippen LogP contribution in [0.25, 0.3) is 33.3 Å². The average molecular weight is 530 g/mol. The molecule has 2 aromatic carbocycles. The Labute approximate surface area is 224 Å². The van der Waals surface area contributed by atoms with E-state index in [0.717, 1.165) is 49.9 Å². The fourth-order valence-corrected chi connectivity index (χ4v) is 6.69. The number of nitrogens with one attached hydrogen (secondary N) is 4. The highest BCUT2D eigenvalue weighted by Gasteiger charge is 2.35. The summed E-state index contributed by atoms with van der Waals surface area (Å²) in [4.78, 5) is 40.6. The van der Waals surface area contributed by atoms with Crippen molar-refractivity contribution in [2.24, 2.45) is 5.92 Å². The third-order valence-electron chi connectivity index (χ3n) is 8.63. The highest BCUT2D eigenvalue weighted by molar-refractivity contribution is 6.00. The first-order chi connectivity index (χ1) is 18.9. The molecule has 4 aromatic rings. The molecule has 4 aliphatic heterocycles. The Morgan fingerprint density at radius 1 is 1.05 bits per heavy atom. The molecule has 4 N–H and O–H groups in total. The molecule has 9 nitrogen and oxygen atoms in total. The summed E-state index contributed by atoms with van der Waals surface area (Å²) in [5, 5.41) is 7.25. The van der Waals surface area contributed by atoms with Crippen molar-refractivity contribution in [2.45, 2.75) is 38.3 Å². The van der Waals surface area contributed by atoms with Crippen molar-refractivity contribution in [3.05, 3.63) is 52.6 Å². The summed E-state index contributed by atoms with van der Waals surface area (Å²) in [6.07, 6.45) is 2.97. The van der Waals surface area contributed by atoms with Gasteiger partial charge in [0.15, 0.2) is 0 Å².